The molecule has 0 bridgehead atoms. The molecule has 1 aromatic heterocycles. The van der Waals surface area contributed by atoms with Crippen LogP contribution in [-0.4, -0.2) is 27.8 Å². The molecule has 6 nitrogen and oxygen atoms in total. The Morgan fingerprint density at radius 1 is 1.20 bits per heavy atom. The number of hydrogen-bond acceptors (Lipinski definition) is 4. The number of ether oxygens (including phenoxy) is 1. The van der Waals surface area contributed by atoms with Crippen LogP contribution in [-0.2, 0) is 11.8 Å². The molecule has 1 amide bonds. The fourth-order valence-electron chi connectivity index (χ4n) is 3.08. The Balaban J connectivity index is 1.56. The van der Waals surface area contributed by atoms with Gasteiger partial charge in [0.15, 0.2) is 5.78 Å². The number of nitrogens with one attached hydrogen (secondary N) is 1. The van der Waals surface area contributed by atoms with Crippen LogP contribution in [0.25, 0.3) is 0 Å². The molecular weight excluding hydrogens is 385 g/mol. The van der Waals surface area contributed by atoms with Crippen LogP contribution in [0.1, 0.15) is 47.6 Å². The summed E-state index contributed by atoms with van der Waals surface area (Å²) in [6.45, 7) is 1.87. The van der Waals surface area contributed by atoms with Gasteiger partial charge in [0.2, 0.25) is 5.91 Å². The van der Waals surface area contributed by atoms with Crippen LogP contribution in [0.4, 0.5) is 4.39 Å². The summed E-state index contributed by atoms with van der Waals surface area (Å²) in [4.78, 5) is 28.1. The minimum Gasteiger partial charge on any atom is -0.494 e. The van der Waals surface area contributed by atoms with Crippen molar-refractivity contribution >= 4 is 11.7 Å². The normalized spacial score (nSPS) is 11.7. The third kappa shape index (κ3) is 5.53. The zero-order valence-electron chi connectivity index (χ0n) is 17.0. The Labute approximate surface area is 174 Å². The second kappa shape index (κ2) is 9.82. The van der Waals surface area contributed by atoms with E-state index in [1.807, 2.05) is 7.05 Å². The first-order valence-electron chi connectivity index (χ1n) is 9.70. The minimum absolute atomic E-state index is 0.00113. The molecule has 0 spiro atoms. The summed E-state index contributed by atoms with van der Waals surface area (Å²) >= 11 is 0. The van der Waals surface area contributed by atoms with Crippen LogP contribution in [0.5, 0.6) is 5.75 Å². The van der Waals surface area contributed by atoms with Crippen molar-refractivity contribution in [2.75, 3.05) is 6.61 Å². The number of ketones is 1. The molecular formula is C23H24FN3O3. The van der Waals surface area contributed by atoms with E-state index in [1.54, 1.807) is 53.4 Å². The second-order valence-corrected chi connectivity index (χ2v) is 6.98. The number of nitrogens with zero attached hydrogens (tertiary/aromatic N) is 2. The van der Waals surface area contributed by atoms with Crippen molar-refractivity contribution < 1.29 is 18.7 Å². The van der Waals surface area contributed by atoms with Gasteiger partial charge in [0.1, 0.15) is 23.4 Å². The van der Waals surface area contributed by atoms with Crippen molar-refractivity contribution in [3.05, 3.63) is 83.7 Å². The Morgan fingerprint density at radius 2 is 1.97 bits per heavy atom. The van der Waals surface area contributed by atoms with Crippen LogP contribution < -0.4 is 10.1 Å². The molecule has 0 saturated carbocycles. The van der Waals surface area contributed by atoms with Crippen LogP contribution >= 0.6 is 0 Å². The average Bonchev–Trinajstić information content (AvgIpc) is 3.15. The molecule has 7 heteroatoms. The Hall–Kier alpha value is -3.48. The molecule has 30 heavy (non-hydrogen) atoms. The van der Waals surface area contributed by atoms with Gasteiger partial charge < -0.3 is 14.6 Å². The Bertz CT molecular complexity index is 1010. The van der Waals surface area contributed by atoms with E-state index in [0.717, 1.165) is 0 Å². The van der Waals surface area contributed by atoms with Gasteiger partial charge in [0, 0.05) is 31.4 Å². The number of imidazole rings is 1. The van der Waals surface area contributed by atoms with E-state index in [0.29, 0.717) is 35.7 Å². The molecule has 3 aromatic rings. The molecule has 1 unspecified atom stereocenters. The maximum Gasteiger partial charge on any atom is 0.220 e. The quantitative estimate of drug-likeness (QED) is 0.431. The van der Waals surface area contributed by atoms with E-state index in [9.17, 15) is 14.0 Å². The number of halogens is 1. The van der Waals surface area contributed by atoms with Gasteiger partial charge in [0.05, 0.1) is 6.61 Å². The van der Waals surface area contributed by atoms with Gasteiger partial charge in [-0.3, -0.25) is 9.59 Å². The van der Waals surface area contributed by atoms with E-state index < -0.39 is 6.04 Å². The summed E-state index contributed by atoms with van der Waals surface area (Å²) in [6, 6.07) is 12.5. The molecule has 0 aliphatic rings. The lowest BCUT2D eigenvalue weighted by Gasteiger charge is -2.19. The monoisotopic (exact) mass is 409 g/mol. The third-order valence-corrected chi connectivity index (χ3v) is 4.68. The van der Waals surface area contributed by atoms with E-state index in [1.165, 1.54) is 19.1 Å². The van der Waals surface area contributed by atoms with Gasteiger partial charge in [0.25, 0.3) is 0 Å². The first-order chi connectivity index (χ1) is 14.4. The number of amides is 1. The number of Topliss-reactive ketones (excluding diaryl/α,β-unsaturated/α-hetero) is 1. The Morgan fingerprint density at radius 3 is 2.60 bits per heavy atom. The number of aryl methyl sites for hydroxylation is 1. The first-order valence-corrected chi connectivity index (χ1v) is 9.70. The molecule has 0 fully saturated rings. The fraction of sp³-hybridized carbons (Fsp3) is 0.261. The average molecular weight is 409 g/mol. The number of carbonyl (C=O) groups is 2. The van der Waals surface area contributed by atoms with E-state index in [2.05, 4.69) is 10.3 Å². The third-order valence-electron chi connectivity index (χ3n) is 4.68. The number of aromatic nitrogens is 2. The van der Waals surface area contributed by atoms with Gasteiger partial charge in [-0.2, -0.15) is 0 Å². The molecule has 1 atom stereocenters. The zero-order chi connectivity index (χ0) is 21.5. The van der Waals surface area contributed by atoms with Crippen molar-refractivity contribution in [1.82, 2.24) is 14.9 Å². The number of benzene rings is 2. The lowest BCUT2D eigenvalue weighted by atomic mass is 10.1. The van der Waals surface area contributed by atoms with Crippen molar-refractivity contribution in [2.45, 2.75) is 25.8 Å². The maximum atomic E-state index is 13.7. The van der Waals surface area contributed by atoms with Gasteiger partial charge in [-0.05, 0) is 55.3 Å². The number of hydrogen-bond donors (Lipinski definition) is 1. The second-order valence-electron chi connectivity index (χ2n) is 6.98. The highest BCUT2D eigenvalue weighted by molar-refractivity contribution is 5.94. The molecule has 0 aliphatic heterocycles. The van der Waals surface area contributed by atoms with Crippen molar-refractivity contribution in [2.24, 2.45) is 7.05 Å². The predicted molar refractivity (Wildman–Crippen MR) is 111 cm³/mol. The number of rotatable bonds is 9. The topological polar surface area (TPSA) is 73.2 Å². The summed E-state index contributed by atoms with van der Waals surface area (Å²) < 4.78 is 21.1. The SMILES string of the molecule is CC(=O)c1ccc(OCCCC(=O)NC(c2cccc(F)c2)c2nccn2C)cc1. The zero-order valence-corrected chi connectivity index (χ0v) is 17.0. The van der Waals surface area contributed by atoms with E-state index in [-0.39, 0.29) is 23.9 Å². The van der Waals surface area contributed by atoms with Crippen molar-refractivity contribution in [3.63, 3.8) is 0 Å². The van der Waals surface area contributed by atoms with Gasteiger partial charge in [-0.15, -0.1) is 0 Å². The highest BCUT2D eigenvalue weighted by Gasteiger charge is 2.21. The lowest BCUT2D eigenvalue weighted by Crippen LogP contribution is -2.31. The summed E-state index contributed by atoms with van der Waals surface area (Å²) in [5, 5.41) is 2.94. The van der Waals surface area contributed by atoms with Gasteiger partial charge in [-0.1, -0.05) is 12.1 Å². The smallest absolute Gasteiger partial charge is 0.220 e. The summed E-state index contributed by atoms with van der Waals surface area (Å²) in [7, 11) is 1.83. The van der Waals surface area contributed by atoms with Crippen LogP contribution in [0.3, 0.4) is 0 Å². The largest absolute Gasteiger partial charge is 0.494 e. The van der Waals surface area contributed by atoms with Crippen LogP contribution in [0.15, 0.2) is 60.9 Å². The molecule has 1 N–H and O–H groups in total. The summed E-state index contributed by atoms with van der Waals surface area (Å²) in [5.41, 5.74) is 1.25. The summed E-state index contributed by atoms with van der Waals surface area (Å²) in [5.74, 6) is 0.716. The first kappa shape index (κ1) is 21.2. The lowest BCUT2D eigenvalue weighted by molar-refractivity contribution is -0.121. The fourth-order valence-corrected chi connectivity index (χ4v) is 3.08. The predicted octanol–water partition coefficient (Wildman–Crippen LogP) is 3.83. The minimum atomic E-state index is -0.548. The molecule has 0 saturated heterocycles. The molecule has 156 valence electrons. The van der Waals surface area contributed by atoms with Crippen molar-refractivity contribution in [3.8, 4) is 5.75 Å². The van der Waals surface area contributed by atoms with Crippen molar-refractivity contribution in [1.29, 1.82) is 0 Å². The summed E-state index contributed by atoms with van der Waals surface area (Å²) in [6.07, 6.45) is 4.18. The van der Waals surface area contributed by atoms with Crippen LogP contribution in [0, 0.1) is 5.82 Å². The highest BCUT2D eigenvalue weighted by atomic mass is 19.1. The highest BCUT2D eigenvalue weighted by Crippen LogP contribution is 2.21. The molecule has 2 aromatic carbocycles. The molecule has 0 radical (unpaired) electrons. The molecule has 1 heterocycles. The number of carbonyl (C=O) groups excluding carboxylic acids is 2. The maximum absolute atomic E-state index is 13.7. The van der Waals surface area contributed by atoms with Crippen LogP contribution in [0.2, 0.25) is 0 Å². The molecule has 0 aliphatic carbocycles. The van der Waals surface area contributed by atoms with Gasteiger partial charge >= 0.3 is 0 Å². The van der Waals surface area contributed by atoms with E-state index in [4.69, 9.17) is 4.74 Å². The molecule has 3 rings (SSSR count). The van der Waals surface area contributed by atoms with Gasteiger partial charge in [-0.25, -0.2) is 9.37 Å². The Kier molecular flexibility index (Phi) is 6.95. The standard InChI is InChI=1S/C23H24FN3O3/c1-16(28)17-8-10-20(11-9-17)30-14-4-7-21(29)26-22(23-25-12-13-27(23)2)18-5-3-6-19(24)15-18/h3,5-6,8-13,15,22H,4,7,14H2,1-2H3,(H,26,29). The van der Waals surface area contributed by atoms with E-state index >= 15 is 0 Å².